The fourth-order valence-corrected chi connectivity index (χ4v) is 8.71. The van der Waals surface area contributed by atoms with Crippen molar-refractivity contribution < 1.29 is 28.6 Å². The lowest BCUT2D eigenvalue weighted by molar-refractivity contribution is -0.167. The fourth-order valence-electron chi connectivity index (χ4n) is 8.71. The normalized spacial score (nSPS) is 12.8. The zero-order valence-corrected chi connectivity index (χ0v) is 49.7. The number of rotatable bonds is 57. The van der Waals surface area contributed by atoms with Crippen molar-refractivity contribution in [2.24, 2.45) is 0 Å². The first-order valence-corrected chi connectivity index (χ1v) is 31.9. The molecule has 0 aliphatic rings. The molecule has 0 aromatic carbocycles. The van der Waals surface area contributed by atoms with E-state index in [1.165, 1.54) is 116 Å². The third-order valence-corrected chi connectivity index (χ3v) is 13.5. The predicted molar refractivity (Wildman–Crippen MR) is 330 cm³/mol. The summed E-state index contributed by atoms with van der Waals surface area (Å²) in [4.78, 5) is 38.3. The first-order chi connectivity index (χ1) is 37.5. The van der Waals surface area contributed by atoms with Gasteiger partial charge in [0.2, 0.25) is 0 Å². The van der Waals surface area contributed by atoms with Gasteiger partial charge in [0.1, 0.15) is 13.2 Å². The van der Waals surface area contributed by atoms with Crippen molar-refractivity contribution in [3.63, 3.8) is 0 Å². The molecule has 0 aromatic rings. The average Bonchev–Trinajstić information content (AvgIpc) is 3.42. The van der Waals surface area contributed by atoms with E-state index in [0.29, 0.717) is 19.3 Å². The van der Waals surface area contributed by atoms with Gasteiger partial charge in [-0.3, -0.25) is 14.4 Å². The Labute approximate surface area is 470 Å². The summed E-state index contributed by atoms with van der Waals surface area (Å²) in [5, 5.41) is 0. The van der Waals surface area contributed by atoms with Crippen molar-refractivity contribution in [3.05, 3.63) is 109 Å². The van der Waals surface area contributed by atoms with Crippen LogP contribution >= 0.6 is 0 Å². The van der Waals surface area contributed by atoms with E-state index in [9.17, 15) is 14.4 Å². The summed E-state index contributed by atoms with van der Waals surface area (Å²) in [5.74, 6) is -0.914. The van der Waals surface area contributed by atoms with Gasteiger partial charge in [-0.15, -0.1) is 0 Å². The molecule has 0 saturated heterocycles. The summed E-state index contributed by atoms with van der Waals surface area (Å²) < 4.78 is 16.9. The lowest BCUT2D eigenvalue weighted by Crippen LogP contribution is -2.30. The number of hydrogen-bond acceptors (Lipinski definition) is 6. The Hall–Kier alpha value is -3.93. The lowest BCUT2D eigenvalue weighted by Gasteiger charge is -2.18. The molecule has 0 amide bonds. The van der Waals surface area contributed by atoms with E-state index in [0.717, 1.165) is 141 Å². The Kier molecular flexibility index (Phi) is 60.3. The van der Waals surface area contributed by atoms with Crippen molar-refractivity contribution in [3.8, 4) is 0 Å². The number of unbranched alkanes of at least 4 members (excludes halogenated alkanes) is 28. The number of carbonyl (C=O) groups excluding carboxylic acids is 3. The fraction of sp³-hybridized carbons (Fsp3) is 0.700. The van der Waals surface area contributed by atoms with Gasteiger partial charge in [-0.2, -0.15) is 0 Å². The Balaban J connectivity index is 4.34. The zero-order valence-electron chi connectivity index (χ0n) is 49.7. The molecule has 6 heteroatoms. The summed E-state index contributed by atoms with van der Waals surface area (Å²) >= 11 is 0. The third kappa shape index (κ3) is 60.9. The van der Waals surface area contributed by atoms with Crippen molar-refractivity contribution >= 4 is 17.9 Å². The lowest BCUT2D eigenvalue weighted by atomic mass is 10.0. The Morgan fingerprint density at radius 1 is 0.276 bits per heavy atom. The molecule has 1 atom stereocenters. The molecule has 0 aliphatic heterocycles. The molecular weight excluding hydrogens is 937 g/mol. The van der Waals surface area contributed by atoms with Gasteiger partial charge in [-0.25, -0.2) is 0 Å². The maximum atomic E-state index is 12.9. The van der Waals surface area contributed by atoms with Crippen molar-refractivity contribution in [2.45, 2.75) is 303 Å². The van der Waals surface area contributed by atoms with E-state index in [-0.39, 0.29) is 31.1 Å². The molecule has 0 saturated carbocycles. The van der Waals surface area contributed by atoms with Crippen LogP contribution < -0.4 is 0 Å². The second kappa shape index (κ2) is 63.6. The number of esters is 3. The third-order valence-electron chi connectivity index (χ3n) is 13.5. The van der Waals surface area contributed by atoms with Crippen LogP contribution in [0.15, 0.2) is 109 Å². The van der Waals surface area contributed by atoms with Crippen molar-refractivity contribution in [2.75, 3.05) is 13.2 Å². The Bertz CT molecular complexity index is 1540. The highest BCUT2D eigenvalue weighted by Gasteiger charge is 2.19. The molecular formula is C70H118O6. The smallest absolute Gasteiger partial charge is 0.306 e. The van der Waals surface area contributed by atoms with Crippen LogP contribution in [-0.2, 0) is 28.6 Å². The van der Waals surface area contributed by atoms with Crippen LogP contribution in [0.1, 0.15) is 297 Å². The molecule has 0 aliphatic carbocycles. The first-order valence-electron chi connectivity index (χ1n) is 31.9. The van der Waals surface area contributed by atoms with Crippen LogP contribution in [0.5, 0.6) is 0 Å². The first kappa shape index (κ1) is 72.1. The summed E-state index contributed by atoms with van der Waals surface area (Å²) in [7, 11) is 0. The van der Waals surface area contributed by atoms with E-state index in [2.05, 4.69) is 130 Å². The molecule has 0 rings (SSSR count). The Morgan fingerprint density at radius 2 is 0.513 bits per heavy atom. The Morgan fingerprint density at radius 3 is 0.829 bits per heavy atom. The molecule has 0 spiro atoms. The molecule has 0 radical (unpaired) electrons. The maximum absolute atomic E-state index is 12.9. The average molecular weight is 1060 g/mol. The van der Waals surface area contributed by atoms with E-state index >= 15 is 0 Å². The quantitative estimate of drug-likeness (QED) is 0.0261. The number of allylic oxidation sites excluding steroid dienone is 18. The molecule has 0 bridgehead atoms. The molecule has 0 aromatic heterocycles. The number of hydrogen-bond donors (Lipinski definition) is 0. The minimum atomic E-state index is -0.795. The van der Waals surface area contributed by atoms with Crippen molar-refractivity contribution in [1.82, 2.24) is 0 Å². The summed E-state index contributed by atoms with van der Waals surface area (Å²) in [5.41, 5.74) is 0. The van der Waals surface area contributed by atoms with Gasteiger partial charge in [0.25, 0.3) is 0 Å². The van der Waals surface area contributed by atoms with Gasteiger partial charge in [-0.1, -0.05) is 259 Å². The minimum Gasteiger partial charge on any atom is -0.462 e. The highest BCUT2D eigenvalue weighted by molar-refractivity contribution is 5.71. The predicted octanol–water partition coefficient (Wildman–Crippen LogP) is 21.8. The standard InChI is InChI=1S/C70H118O6/c1-4-7-10-13-16-19-22-25-28-30-31-32-33-34-35-36-37-38-39-40-43-45-48-51-54-57-60-63-69(72)75-66-67(65-74-68(71)62-59-56-53-50-47-44-41-27-24-21-18-15-12-9-6-3)76-70(73)64-61-58-55-52-49-46-42-29-26-23-20-17-14-11-8-5-2/h7,10,16,18-21,23,25,27-29,31-32,34-35,41-42,67H,4-6,8-9,11-15,17,22,24,26,30,33,36-40,43-66H2,1-3H3/b10-7-,19-16-,21-18-,23-20-,28-25-,32-31-,35-34-,41-27-,42-29-. The highest BCUT2D eigenvalue weighted by atomic mass is 16.6. The minimum absolute atomic E-state index is 0.0901. The van der Waals surface area contributed by atoms with Crippen LogP contribution in [0.2, 0.25) is 0 Å². The summed E-state index contributed by atoms with van der Waals surface area (Å²) in [6.45, 7) is 6.47. The SMILES string of the molecule is CC/C=C\C/C=C\C/C=C\C/C=C\C/C=C\CCCCCCCCCCCCCC(=O)OCC(COC(=O)CCCCCCC/C=C\C/C=C\CCCCC)OC(=O)CCCCCCC/C=C\C/C=C\CCCCCC. The molecule has 6 nitrogen and oxygen atoms in total. The molecule has 0 N–H and O–H groups in total. The largest absolute Gasteiger partial charge is 0.462 e. The van der Waals surface area contributed by atoms with Crippen LogP contribution in [0.4, 0.5) is 0 Å². The van der Waals surface area contributed by atoms with Crippen molar-refractivity contribution in [1.29, 1.82) is 0 Å². The maximum Gasteiger partial charge on any atom is 0.306 e. The van der Waals surface area contributed by atoms with Crippen LogP contribution in [0, 0.1) is 0 Å². The highest BCUT2D eigenvalue weighted by Crippen LogP contribution is 2.15. The second-order valence-corrected chi connectivity index (χ2v) is 20.9. The van der Waals surface area contributed by atoms with Gasteiger partial charge in [-0.05, 0) is 128 Å². The number of carbonyl (C=O) groups is 3. The van der Waals surface area contributed by atoms with Gasteiger partial charge in [0.15, 0.2) is 6.10 Å². The van der Waals surface area contributed by atoms with Gasteiger partial charge < -0.3 is 14.2 Å². The van der Waals surface area contributed by atoms with Gasteiger partial charge >= 0.3 is 17.9 Å². The summed E-state index contributed by atoms with van der Waals surface area (Å²) in [6.07, 6.45) is 86.6. The zero-order chi connectivity index (χ0) is 55.0. The van der Waals surface area contributed by atoms with Crippen LogP contribution in [0.3, 0.4) is 0 Å². The van der Waals surface area contributed by atoms with Gasteiger partial charge in [0.05, 0.1) is 0 Å². The van der Waals surface area contributed by atoms with E-state index in [1.807, 2.05) is 0 Å². The van der Waals surface area contributed by atoms with E-state index in [1.54, 1.807) is 0 Å². The van der Waals surface area contributed by atoms with E-state index in [4.69, 9.17) is 14.2 Å². The monoisotopic (exact) mass is 1050 g/mol. The molecule has 0 heterocycles. The number of ether oxygens (including phenoxy) is 3. The molecule has 0 fully saturated rings. The van der Waals surface area contributed by atoms with Gasteiger partial charge in [0, 0.05) is 19.3 Å². The van der Waals surface area contributed by atoms with Crippen LogP contribution in [-0.4, -0.2) is 37.2 Å². The molecule has 76 heavy (non-hydrogen) atoms. The molecule has 1 unspecified atom stereocenters. The topological polar surface area (TPSA) is 78.9 Å². The van der Waals surface area contributed by atoms with E-state index < -0.39 is 6.10 Å². The molecule has 434 valence electrons. The second-order valence-electron chi connectivity index (χ2n) is 20.9. The summed E-state index contributed by atoms with van der Waals surface area (Å²) in [6, 6.07) is 0. The van der Waals surface area contributed by atoms with Crippen LogP contribution in [0.25, 0.3) is 0 Å².